The van der Waals surface area contributed by atoms with Gasteiger partial charge in [0.05, 0.1) is 21.0 Å². The van der Waals surface area contributed by atoms with Gasteiger partial charge in [0.15, 0.2) is 6.10 Å². The second-order valence-electron chi connectivity index (χ2n) is 5.00. The first-order valence-electron chi connectivity index (χ1n) is 6.51. The van der Waals surface area contributed by atoms with Gasteiger partial charge in [0.2, 0.25) is 9.84 Å². The zero-order valence-electron chi connectivity index (χ0n) is 11.7. The number of fused-ring (bicyclic) bond motifs is 1. The number of rotatable bonds is 2. The summed E-state index contributed by atoms with van der Waals surface area (Å²) in [5, 5.41) is 14.3. The zero-order chi connectivity index (χ0) is 17.7. The Labute approximate surface area is 144 Å². The zero-order valence-corrected chi connectivity index (χ0v) is 14.1. The summed E-state index contributed by atoms with van der Waals surface area (Å²) in [6, 6.07) is 10.2. The quantitative estimate of drug-likeness (QED) is 0.810. The Morgan fingerprint density at radius 1 is 1.29 bits per heavy atom. The van der Waals surface area contributed by atoms with E-state index in [2.05, 4.69) is 15.9 Å². The van der Waals surface area contributed by atoms with Crippen molar-refractivity contribution >= 4 is 25.8 Å². The number of benzene rings is 2. The summed E-state index contributed by atoms with van der Waals surface area (Å²) >= 11 is 3.02. The third-order valence-electron chi connectivity index (χ3n) is 3.53. The predicted octanol–water partition coefficient (Wildman–Crippen LogP) is 3.53. The summed E-state index contributed by atoms with van der Waals surface area (Å²) in [4.78, 5) is -0.648. The fourth-order valence-electron chi connectivity index (χ4n) is 2.34. The molecule has 0 radical (unpaired) electrons. The average Bonchev–Trinajstić information content (AvgIpc) is 2.68. The van der Waals surface area contributed by atoms with Crippen LogP contribution in [0.4, 0.5) is 8.78 Å². The Bertz CT molecular complexity index is 985. The van der Waals surface area contributed by atoms with Crippen LogP contribution in [-0.4, -0.2) is 18.8 Å². The highest BCUT2D eigenvalue weighted by Gasteiger charge is 2.61. The molecular formula is C15H8BrF2NO4S. The minimum atomic E-state index is -4.97. The first-order valence-corrected chi connectivity index (χ1v) is 8.78. The van der Waals surface area contributed by atoms with E-state index in [1.807, 2.05) is 6.07 Å². The Kier molecular flexibility index (Phi) is 3.86. The average molecular weight is 416 g/mol. The van der Waals surface area contributed by atoms with Crippen molar-refractivity contribution in [2.45, 2.75) is 16.3 Å². The number of aliphatic hydroxyl groups excluding tert-OH is 1. The van der Waals surface area contributed by atoms with Crippen LogP contribution in [-0.2, 0) is 9.84 Å². The van der Waals surface area contributed by atoms with E-state index < -0.39 is 31.7 Å². The van der Waals surface area contributed by atoms with Crippen LogP contribution < -0.4 is 4.74 Å². The molecule has 3 rings (SSSR count). The SMILES string of the molecule is N#Cc1cccc(Oc2ccc3c(c2Br)[C@@H](O)C(F)(F)S3(=O)=O)c1. The third kappa shape index (κ3) is 2.30. The number of hydrogen-bond acceptors (Lipinski definition) is 5. The van der Waals surface area contributed by atoms with Gasteiger partial charge in [0.1, 0.15) is 11.5 Å². The third-order valence-corrected chi connectivity index (χ3v) is 6.23. The van der Waals surface area contributed by atoms with Crippen molar-refractivity contribution in [3.63, 3.8) is 0 Å². The molecule has 2 aromatic carbocycles. The molecule has 1 aliphatic rings. The largest absolute Gasteiger partial charge is 0.456 e. The van der Waals surface area contributed by atoms with Crippen molar-refractivity contribution in [1.82, 2.24) is 0 Å². The van der Waals surface area contributed by atoms with Crippen LogP contribution in [0.5, 0.6) is 11.5 Å². The Balaban J connectivity index is 2.09. The number of sulfone groups is 1. The van der Waals surface area contributed by atoms with Gasteiger partial charge in [0, 0.05) is 5.56 Å². The lowest BCUT2D eigenvalue weighted by Gasteiger charge is -2.14. The molecule has 5 nitrogen and oxygen atoms in total. The topological polar surface area (TPSA) is 87.4 Å². The molecule has 9 heteroatoms. The van der Waals surface area contributed by atoms with Crippen molar-refractivity contribution in [2.75, 3.05) is 0 Å². The summed E-state index contributed by atoms with van der Waals surface area (Å²) in [6.45, 7) is 0. The maximum atomic E-state index is 13.8. The van der Waals surface area contributed by atoms with Gasteiger partial charge < -0.3 is 9.84 Å². The molecule has 0 aliphatic carbocycles. The maximum Gasteiger partial charge on any atom is 0.379 e. The molecule has 0 unspecified atom stereocenters. The summed E-state index contributed by atoms with van der Waals surface area (Å²) in [7, 11) is -4.97. The number of alkyl halides is 2. The highest BCUT2D eigenvalue weighted by molar-refractivity contribution is 9.10. The standard InChI is InChI=1S/C15H8BrF2NO4S/c16-13-10(23-9-3-1-2-8(6-9)7-19)4-5-11-12(13)14(20)15(17,18)24(11,21)22/h1-6,14,20H/t14-/m1/s1. The maximum absolute atomic E-state index is 13.8. The van der Waals surface area contributed by atoms with Crippen LogP contribution >= 0.6 is 15.9 Å². The molecule has 0 spiro atoms. The Hall–Kier alpha value is -2.02. The van der Waals surface area contributed by atoms with Crippen LogP contribution in [0, 0.1) is 11.3 Å². The Morgan fingerprint density at radius 2 is 2.00 bits per heavy atom. The minimum absolute atomic E-state index is 0.0378. The van der Waals surface area contributed by atoms with Gasteiger partial charge in [-0.2, -0.15) is 14.0 Å². The molecule has 124 valence electrons. The predicted molar refractivity (Wildman–Crippen MR) is 82.5 cm³/mol. The number of nitriles is 1. The summed E-state index contributed by atoms with van der Waals surface area (Å²) < 4.78 is 56.7. The van der Waals surface area contributed by atoms with E-state index >= 15 is 0 Å². The van der Waals surface area contributed by atoms with E-state index in [0.29, 0.717) is 5.56 Å². The van der Waals surface area contributed by atoms with Gasteiger partial charge in [-0.1, -0.05) is 6.07 Å². The number of ether oxygens (including phenoxy) is 1. The monoisotopic (exact) mass is 415 g/mol. The molecule has 0 aromatic heterocycles. The van der Waals surface area contributed by atoms with Crippen molar-refractivity contribution < 1.29 is 27.0 Å². The lowest BCUT2D eigenvalue weighted by atomic mass is 10.1. The summed E-state index contributed by atoms with van der Waals surface area (Å²) in [5.74, 6) is 0.299. The molecule has 1 N–H and O–H groups in total. The van der Waals surface area contributed by atoms with Crippen molar-refractivity contribution in [3.05, 3.63) is 52.0 Å². The smallest absolute Gasteiger partial charge is 0.379 e. The van der Waals surface area contributed by atoms with E-state index in [1.165, 1.54) is 12.1 Å². The molecule has 1 atom stereocenters. The van der Waals surface area contributed by atoms with Crippen LogP contribution in [0.2, 0.25) is 0 Å². The van der Waals surface area contributed by atoms with Crippen LogP contribution in [0.15, 0.2) is 45.8 Å². The van der Waals surface area contributed by atoms with Crippen LogP contribution in [0.1, 0.15) is 17.2 Å². The summed E-state index contributed by atoms with van der Waals surface area (Å²) in [6.07, 6.45) is -2.50. The van der Waals surface area contributed by atoms with Crippen molar-refractivity contribution in [3.8, 4) is 17.6 Å². The minimum Gasteiger partial charge on any atom is -0.456 e. The van der Waals surface area contributed by atoms with E-state index in [9.17, 15) is 22.3 Å². The van der Waals surface area contributed by atoms with Crippen LogP contribution in [0.25, 0.3) is 0 Å². The normalized spacial score (nSPS) is 20.2. The van der Waals surface area contributed by atoms with Gasteiger partial charge in [-0.15, -0.1) is 0 Å². The fraction of sp³-hybridized carbons (Fsp3) is 0.133. The van der Waals surface area contributed by atoms with E-state index in [4.69, 9.17) is 10.00 Å². The highest BCUT2D eigenvalue weighted by atomic mass is 79.9. The van der Waals surface area contributed by atoms with Crippen LogP contribution in [0.3, 0.4) is 0 Å². The van der Waals surface area contributed by atoms with E-state index in [1.54, 1.807) is 18.2 Å². The molecule has 1 heterocycles. The van der Waals surface area contributed by atoms with Gasteiger partial charge in [-0.3, -0.25) is 0 Å². The van der Waals surface area contributed by atoms with Gasteiger partial charge in [-0.05, 0) is 46.3 Å². The number of nitrogens with zero attached hydrogens (tertiary/aromatic N) is 1. The molecule has 0 amide bonds. The van der Waals surface area contributed by atoms with Gasteiger partial charge >= 0.3 is 5.25 Å². The second-order valence-corrected chi connectivity index (χ2v) is 7.78. The van der Waals surface area contributed by atoms with E-state index in [0.717, 1.165) is 6.07 Å². The number of hydrogen-bond donors (Lipinski definition) is 1. The van der Waals surface area contributed by atoms with Gasteiger partial charge in [-0.25, -0.2) is 8.42 Å². The summed E-state index contributed by atoms with van der Waals surface area (Å²) in [5.41, 5.74) is -0.118. The first kappa shape index (κ1) is 16.8. The van der Waals surface area contributed by atoms with Crippen molar-refractivity contribution in [2.24, 2.45) is 0 Å². The molecule has 0 fully saturated rings. The number of halogens is 3. The van der Waals surface area contributed by atoms with E-state index in [-0.39, 0.29) is 16.0 Å². The second kappa shape index (κ2) is 5.51. The molecular weight excluding hydrogens is 408 g/mol. The molecule has 1 aliphatic heterocycles. The lowest BCUT2D eigenvalue weighted by Crippen LogP contribution is -2.28. The number of aliphatic hydroxyl groups is 1. The highest BCUT2D eigenvalue weighted by Crippen LogP contribution is 2.53. The lowest BCUT2D eigenvalue weighted by molar-refractivity contribution is -0.0379. The molecule has 2 aromatic rings. The molecule has 0 saturated heterocycles. The first-order chi connectivity index (χ1) is 11.2. The molecule has 0 saturated carbocycles. The molecule has 24 heavy (non-hydrogen) atoms. The van der Waals surface area contributed by atoms with Gasteiger partial charge in [0.25, 0.3) is 0 Å². The Morgan fingerprint density at radius 3 is 2.67 bits per heavy atom. The molecule has 0 bridgehead atoms. The van der Waals surface area contributed by atoms with Crippen molar-refractivity contribution in [1.29, 1.82) is 5.26 Å². The fourth-order valence-corrected chi connectivity index (χ4v) is 4.57.